The van der Waals surface area contributed by atoms with E-state index in [1.165, 1.54) is 6.07 Å². The number of aromatic nitrogens is 1. The molecule has 1 aromatic heterocycles. The van der Waals surface area contributed by atoms with E-state index in [4.69, 9.17) is 9.47 Å². The minimum atomic E-state index is -4.62. The van der Waals surface area contributed by atoms with Crippen molar-refractivity contribution < 1.29 is 32.5 Å². The summed E-state index contributed by atoms with van der Waals surface area (Å²) in [6.45, 7) is 0.0305. The molecular weight excluding hydrogens is 327 g/mol. The van der Waals surface area contributed by atoms with Crippen LogP contribution in [0.3, 0.4) is 0 Å². The molecule has 1 aliphatic rings. The number of aliphatic carboxylic acids is 1. The largest absolute Gasteiger partial charge is 0.494 e. The van der Waals surface area contributed by atoms with Gasteiger partial charge in [0.1, 0.15) is 24.0 Å². The quantitative estimate of drug-likeness (QED) is 0.929. The third-order valence-electron chi connectivity index (χ3n) is 3.76. The molecule has 1 aromatic carbocycles. The molecule has 0 saturated carbocycles. The summed E-state index contributed by atoms with van der Waals surface area (Å²) in [6.07, 6.45) is -3.54. The topological polar surface area (TPSA) is 68.7 Å². The Hall–Kier alpha value is -2.77. The highest BCUT2D eigenvalue weighted by Gasteiger charge is 2.36. The zero-order valence-corrected chi connectivity index (χ0v) is 12.4. The summed E-state index contributed by atoms with van der Waals surface area (Å²) in [6, 6.07) is 6.04. The van der Waals surface area contributed by atoms with E-state index in [1.54, 1.807) is 18.2 Å². The first-order chi connectivity index (χ1) is 11.3. The molecule has 0 spiro atoms. The Morgan fingerprint density at radius 2 is 2.08 bits per heavy atom. The van der Waals surface area contributed by atoms with E-state index >= 15 is 0 Å². The van der Waals surface area contributed by atoms with Crippen molar-refractivity contribution >= 4 is 5.97 Å². The number of rotatable bonds is 3. The van der Waals surface area contributed by atoms with Crippen LogP contribution >= 0.6 is 0 Å². The van der Waals surface area contributed by atoms with E-state index in [9.17, 15) is 23.1 Å². The standard InChI is InChI=1S/C16H12F3NO4/c1-23-13-5-9(6-20-14(13)16(17,18)19)8-2-3-12-10(4-8)11(7-24-12)15(21)22/h2-6,11H,7H2,1H3,(H,21,22). The minimum Gasteiger partial charge on any atom is -0.494 e. The van der Waals surface area contributed by atoms with Crippen molar-refractivity contribution in [2.45, 2.75) is 12.1 Å². The Labute approximate surface area is 134 Å². The van der Waals surface area contributed by atoms with Crippen LogP contribution in [0.2, 0.25) is 0 Å². The van der Waals surface area contributed by atoms with Crippen LogP contribution in [-0.4, -0.2) is 29.8 Å². The Bertz CT molecular complexity index is 804. The molecule has 2 heterocycles. The molecule has 24 heavy (non-hydrogen) atoms. The maximum absolute atomic E-state index is 12.9. The van der Waals surface area contributed by atoms with E-state index in [0.717, 1.165) is 13.3 Å². The predicted octanol–water partition coefficient (Wildman–Crippen LogP) is 3.34. The fraction of sp³-hybridized carbons (Fsp3) is 0.250. The number of hydrogen-bond acceptors (Lipinski definition) is 4. The van der Waals surface area contributed by atoms with Gasteiger partial charge in [0.25, 0.3) is 0 Å². The Balaban J connectivity index is 2.04. The van der Waals surface area contributed by atoms with Gasteiger partial charge in [-0.25, -0.2) is 4.98 Å². The summed E-state index contributed by atoms with van der Waals surface area (Å²) >= 11 is 0. The lowest BCUT2D eigenvalue weighted by Gasteiger charge is -2.13. The highest BCUT2D eigenvalue weighted by Crippen LogP contribution is 2.39. The van der Waals surface area contributed by atoms with Crippen LogP contribution in [0.1, 0.15) is 17.2 Å². The van der Waals surface area contributed by atoms with Crippen LogP contribution in [0.25, 0.3) is 11.1 Å². The van der Waals surface area contributed by atoms with E-state index in [0.29, 0.717) is 22.4 Å². The fourth-order valence-electron chi connectivity index (χ4n) is 2.57. The molecule has 0 saturated heterocycles. The zero-order chi connectivity index (χ0) is 17.5. The normalized spacial score (nSPS) is 16.4. The second-order valence-corrected chi connectivity index (χ2v) is 5.23. The molecule has 8 heteroatoms. The zero-order valence-electron chi connectivity index (χ0n) is 12.4. The lowest BCUT2D eigenvalue weighted by atomic mass is 9.97. The van der Waals surface area contributed by atoms with Gasteiger partial charge in [0.15, 0.2) is 5.69 Å². The van der Waals surface area contributed by atoms with Gasteiger partial charge in [-0.2, -0.15) is 13.2 Å². The lowest BCUT2D eigenvalue weighted by Crippen LogP contribution is -2.12. The van der Waals surface area contributed by atoms with Crippen molar-refractivity contribution in [1.29, 1.82) is 0 Å². The van der Waals surface area contributed by atoms with Crippen LogP contribution in [0.15, 0.2) is 30.5 Å². The average molecular weight is 339 g/mol. The van der Waals surface area contributed by atoms with Crippen molar-refractivity contribution in [2.24, 2.45) is 0 Å². The Kier molecular flexibility index (Phi) is 3.82. The number of alkyl halides is 3. The minimum absolute atomic E-state index is 0.0305. The predicted molar refractivity (Wildman–Crippen MR) is 77.1 cm³/mol. The molecule has 5 nitrogen and oxygen atoms in total. The molecule has 0 fully saturated rings. The third-order valence-corrected chi connectivity index (χ3v) is 3.76. The number of pyridine rings is 1. The number of carboxylic acid groups (broad SMARTS) is 1. The van der Waals surface area contributed by atoms with Crippen LogP contribution < -0.4 is 9.47 Å². The molecule has 2 aromatic rings. The van der Waals surface area contributed by atoms with Crippen LogP contribution in [-0.2, 0) is 11.0 Å². The molecule has 1 N–H and O–H groups in total. The van der Waals surface area contributed by atoms with Gasteiger partial charge in [-0.15, -0.1) is 0 Å². The summed E-state index contributed by atoms with van der Waals surface area (Å²) in [5.41, 5.74) is 0.296. The van der Waals surface area contributed by atoms with Gasteiger partial charge in [-0.05, 0) is 23.8 Å². The molecule has 0 aliphatic carbocycles. The molecule has 0 bridgehead atoms. The van der Waals surface area contributed by atoms with Gasteiger partial charge in [-0.3, -0.25) is 4.79 Å². The summed E-state index contributed by atoms with van der Waals surface area (Å²) in [5.74, 6) is -1.76. The molecule has 1 atom stereocenters. The van der Waals surface area contributed by atoms with Gasteiger partial charge in [0.2, 0.25) is 0 Å². The second-order valence-electron chi connectivity index (χ2n) is 5.23. The monoisotopic (exact) mass is 339 g/mol. The molecule has 0 radical (unpaired) electrons. The molecule has 1 unspecified atom stereocenters. The van der Waals surface area contributed by atoms with Crippen LogP contribution in [0.4, 0.5) is 13.2 Å². The number of nitrogens with zero attached hydrogens (tertiary/aromatic N) is 1. The molecule has 3 rings (SSSR count). The molecule has 126 valence electrons. The number of ether oxygens (including phenoxy) is 2. The average Bonchev–Trinajstić information content (AvgIpc) is 2.96. The Morgan fingerprint density at radius 3 is 2.71 bits per heavy atom. The molecule has 1 aliphatic heterocycles. The van der Waals surface area contributed by atoms with E-state index < -0.39 is 29.5 Å². The fourth-order valence-corrected chi connectivity index (χ4v) is 2.57. The summed E-state index contributed by atoms with van der Waals surface area (Å²) in [7, 11) is 1.13. The smallest absolute Gasteiger partial charge is 0.437 e. The van der Waals surface area contributed by atoms with Crippen molar-refractivity contribution in [3.63, 3.8) is 0 Å². The van der Waals surface area contributed by atoms with Gasteiger partial charge in [0, 0.05) is 17.3 Å². The second kappa shape index (κ2) is 5.70. The number of halogens is 3. The van der Waals surface area contributed by atoms with Crippen molar-refractivity contribution in [2.75, 3.05) is 13.7 Å². The summed E-state index contributed by atoms with van der Waals surface area (Å²) in [5, 5.41) is 9.19. The maximum Gasteiger partial charge on any atom is 0.437 e. The number of carboxylic acids is 1. The first kappa shape index (κ1) is 16.1. The van der Waals surface area contributed by atoms with Gasteiger partial charge >= 0.3 is 12.1 Å². The maximum atomic E-state index is 12.9. The first-order valence-electron chi connectivity index (χ1n) is 6.92. The van der Waals surface area contributed by atoms with Crippen molar-refractivity contribution in [3.05, 3.63) is 41.7 Å². The number of hydrogen-bond donors (Lipinski definition) is 1. The SMILES string of the molecule is COc1cc(-c2ccc3c(c2)C(C(=O)O)CO3)cnc1C(F)(F)F. The van der Waals surface area contributed by atoms with E-state index in [2.05, 4.69) is 4.98 Å². The van der Waals surface area contributed by atoms with Gasteiger partial charge in [0.05, 0.1) is 7.11 Å². The van der Waals surface area contributed by atoms with E-state index in [-0.39, 0.29) is 6.61 Å². The lowest BCUT2D eigenvalue weighted by molar-refractivity contribution is -0.142. The third kappa shape index (κ3) is 2.75. The van der Waals surface area contributed by atoms with Crippen molar-refractivity contribution in [3.8, 4) is 22.6 Å². The summed E-state index contributed by atoms with van der Waals surface area (Å²) in [4.78, 5) is 14.7. The molecule has 0 amide bonds. The molecular formula is C16H12F3NO4. The number of benzene rings is 1. The van der Waals surface area contributed by atoms with Crippen molar-refractivity contribution in [1.82, 2.24) is 4.98 Å². The Morgan fingerprint density at radius 1 is 1.33 bits per heavy atom. The van der Waals surface area contributed by atoms with Crippen LogP contribution in [0, 0.1) is 0 Å². The summed E-state index contributed by atoms with van der Waals surface area (Å²) < 4.78 is 48.7. The highest BCUT2D eigenvalue weighted by atomic mass is 19.4. The number of fused-ring (bicyclic) bond motifs is 1. The van der Waals surface area contributed by atoms with Gasteiger partial charge in [-0.1, -0.05) is 6.07 Å². The number of methoxy groups -OCH3 is 1. The number of carbonyl (C=O) groups is 1. The highest BCUT2D eigenvalue weighted by molar-refractivity contribution is 5.80. The van der Waals surface area contributed by atoms with Gasteiger partial charge < -0.3 is 14.6 Å². The van der Waals surface area contributed by atoms with E-state index in [1.807, 2.05) is 0 Å². The van der Waals surface area contributed by atoms with Crippen LogP contribution in [0.5, 0.6) is 11.5 Å². The first-order valence-corrected chi connectivity index (χ1v) is 6.92.